The van der Waals surface area contributed by atoms with Gasteiger partial charge in [-0.2, -0.15) is 0 Å². The molecule has 0 fully saturated rings. The number of hydrogen-bond acceptors (Lipinski definition) is 1. The van der Waals surface area contributed by atoms with Crippen molar-refractivity contribution in [1.29, 1.82) is 0 Å². The SMILES string of the molecule is ClP(Cl)c1ncc[nH]1. The highest BCUT2D eigenvalue weighted by atomic mass is 35.9. The molecular formula is C3H3Cl2N2P. The molecule has 2 nitrogen and oxygen atoms in total. The van der Waals surface area contributed by atoms with Gasteiger partial charge >= 0.3 is 0 Å². The van der Waals surface area contributed by atoms with Crippen LogP contribution in [0.1, 0.15) is 0 Å². The first kappa shape index (κ1) is 6.34. The van der Waals surface area contributed by atoms with Crippen LogP contribution in [0.4, 0.5) is 0 Å². The predicted molar refractivity (Wildman–Crippen MR) is 36.8 cm³/mol. The molecule has 44 valence electrons. The molecule has 0 amide bonds. The molecule has 1 aromatic rings. The maximum absolute atomic E-state index is 5.48. The normalized spacial score (nSPS) is 10.4. The molecule has 0 spiro atoms. The quantitative estimate of drug-likeness (QED) is 0.638. The monoisotopic (exact) mass is 168 g/mol. The van der Waals surface area contributed by atoms with E-state index in [1.165, 1.54) is 0 Å². The number of halogens is 2. The van der Waals surface area contributed by atoms with E-state index in [2.05, 4.69) is 9.97 Å². The van der Waals surface area contributed by atoms with Gasteiger partial charge in [0.1, 0.15) is 0 Å². The molecule has 0 radical (unpaired) electrons. The van der Waals surface area contributed by atoms with Crippen molar-refractivity contribution < 1.29 is 0 Å². The van der Waals surface area contributed by atoms with Crippen LogP contribution in [0, 0.1) is 0 Å². The summed E-state index contributed by atoms with van der Waals surface area (Å²) in [5.41, 5.74) is 0.656. The maximum Gasteiger partial charge on any atom is 0.160 e. The zero-order chi connectivity index (χ0) is 5.98. The first-order valence-electron chi connectivity index (χ1n) is 1.92. The van der Waals surface area contributed by atoms with E-state index in [0.29, 0.717) is 5.57 Å². The molecule has 5 heteroatoms. The van der Waals surface area contributed by atoms with Crippen molar-refractivity contribution in [3.05, 3.63) is 12.4 Å². The summed E-state index contributed by atoms with van der Waals surface area (Å²) in [5.74, 6) is 0. The number of aromatic amines is 1. The molecule has 8 heavy (non-hydrogen) atoms. The maximum atomic E-state index is 5.48. The Balaban J connectivity index is 2.77. The Morgan fingerprint density at radius 3 is 2.62 bits per heavy atom. The number of nitrogens with one attached hydrogen (secondary N) is 1. The van der Waals surface area contributed by atoms with Gasteiger partial charge in [0, 0.05) is 12.4 Å². The van der Waals surface area contributed by atoms with Gasteiger partial charge < -0.3 is 4.98 Å². The molecule has 0 aliphatic heterocycles. The first-order chi connectivity index (χ1) is 3.80. The molecule has 1 rings (SSSR count). The fourth-order valence-corrected chi connectivity index (χ4v) is 1.23. The highest BCUT2D eigenvalue weighted by Crippen LogP contribution is 2.43. The average Bonchev–Trinajstić information content (AvgIpc) is 2.12. The molecule has 0 aromatic carbocycles. The van der Waals surface area contributed by atoms with Crippen LogP contribution in [-0.2, 0) is 0 Å². The number of hydrogen-bond donors (Lipinski definition) is 1. The van der Waals surface area contributed by atoms with Crippen molar-refractivity contribution in [2.24, 2.45) is 0 Å². The number of nitrogens with zero attached hydrogens (tertiary/aromatic N) is 1. The highest BCUT2D eigenvalue weighted by molar-refractivity contribution is 8.08. The molecule has 0 unspecified atom stereocenters. The van der Waals surface area contributed by atoms with Crippen LogP contribution in [0.15, 0.2) is 12.4 Å². The van der Waals surface area contributed by atoms with E-state index in [9.17, 15) is 0 Å². The first-order valence-corrected chi connectivity index (χ1v) is 5.07. The smallest absolute Gasteiger partial charge is 0.160 e. The lowest BCUT2D eigenvalue weighted by atomic mass is 11.0. The predicted octanol–water partition coefficient (Wildman–Crippen LogP) is 1.82. The van der Waals surface area contributed by atoms with Crippen molar-refractivity contribution >= 4 is 34.7 Å². The van der Waals surface area contributed by atoms with E-state index in [1.807, 2.05) is 0 Å². The van der Waals surface area contributed by atoms with Gasteiger partial charge in [0.2, 0.25) is 0 Å². The topological polar surface area (TPSA) is 28.7 Å². The van der Waals surface area contributed by atoms with E-state index in [4.69, 9.17) is 22.5 Å². The van der Waals surface area contributed by atoms with Crippen LogP contribution >= 0.6 is 29.1 Å². The van der Waals surface area contributed by atoms with E-state index in [0.717, 1.165) is 0 Å². The molecule has 1 aromatic heterocycles. The Kier molecular flexibility index (Phi) is 2.12. The molecule has 0 aliphatic carbocycles. The highest BCUT2D eigenvalue weighted by Gasteiger charge is 2.03. The third-order valence-electron chi connectivity index (χ3n) is 0.644. The second-order valence-corrected chi connectivity index (χ2v) is 4.58. The van der Waals surface area contributed by atoms with E-state index in [-0.39, 0.29) is 0 Å². The summed E-state index contributed by atoms with van der Waals surface area (Å²) < 4.78 is 0. The molecule has 0 bridgehead atoms. The fourth-order valence-electron chi connectivity index (χ4n) is 0.349. The van der Waals surface area contributed by atoms with Gasteiger partial charge in [0.05, 0.1) is 0 Å². The van der Waals surface area contributed by atoms with Crippen LogP contribution in [0.5, 0.6) is 0 Å². The van der Waals surface area contributed by atoms with E-state index >= 15 is 0 Å². The largest absolute Gasteiger partial charge is 0.343 e. The second-order valence-electron chi connectivity index (χ2n) is 1.15. The number of imidazole rings is 1. The second kappa shape index (κ2) is 2.67. The van der Waals surface area contributed by atoms with Crippen LogP contribution in [0.25, 0.3) is 0 Å². The molecule has 0 saturated heterocycles. The minimum Gasteiger partial charge on any atom is -0.343 e. The Labute approximate surface area is 57.6 Å². The minimum absolute atomic E-state index is 0.656. The lowest BCUT2D eigenvalue weighted by molar-refractivity contribution is 1.41. The average molecular weight is 169 g/mol. The Morgan fingerprint density at radius 1 is 1.62 bits per heavy atom. The summed E-state index contributed by atoms with van der Waals surface area (Å²) in [6.45, 7) is -1.08. The Hall–Kier alpha value is 0.220. The van der Waals surface area contributed by atoms with Crippen LogP contribution < -0.4 is 5.57 Å². The summed E-state index contributed by atoms with van der Waals surface area (Å²) in [6, 6.07) is 0. The zero-order valence-corrected chi connectivity index (χ0v) is 6.21. The minimum atomic E-state index is -1.08. The summed E-state index contributed by atoms with van der Waals surface area (Å²) in [6.07, 6.45) is 3.31. The van der Waals surface area contributed by atoms with Gasteiger partial charge in [-0.3, -0.25) is 0 Å². The third-order valence-corrected chi connectivity index (χ3v) is 2.17. The van der Waals surface area contributed by atoms with Crippen molar-refractivity contribution in [2.75, 3.05) is 0 Å². The summed E-state index contributed by atoms with van der Waals surface area (Å²) >= 11 is 11.0. The van der Waals surface area contributed by atoms with Crippen LogP contribution in [0.2, 0.25) is 0 Å². The van der Waals surface area contributed by atoms with Gasteiger partial charge in [0.15, 0.2) is 12.2 Å². The summed E-state index contributed by atoms with van der Waals surface area (Å²) in [4.78, 5) is 6.62. The van der Waals surface area contributed by atoms with Gasteiger partial charge in [0.25, 0.3) is 0 Å². The third kappa shape index (κ3) is 1.35. The van der Waals surface area contributed by atoms with Gasteiger partial charge in [-0.1, -0.05) is 22.5 Å². The molecular weight excluding hydrogens is 166 g/mol. The van der Waals surface area contributed by atoms with Gasteiger partial charge in [-0.25, -0.2) is 4.98 Å². The molecule has 0 aliphatic rings. The summed E-state index contributed by atoms with van der Waals surface area (Å²) in [5, 5.41) is 0. The molecule has 0 saturated carbocycles. The molecule has 0 atom stereocenters. The van der Waals surface area contributed by atoms with Crippen molar-refractivity contribution in [2.45, 2.75) is 0 Å². The molecule has 1 heterocycles. The number of aromatic nitrogens is 2. The van der Waals surface area contributed by atoms with Crippen LogP contribution in [0.3, 0.4) is 0 Å². The molecule has 1 N–H and O–H groups in total. The number of H-pyrrole nitrogens is 1. The Morgan fingerprint density at radius 2 is 2.38 bits per heavy atom. The van der Waals surface area contributed by atoms with Crippen molar-refractivity contribution in [3.8, 4) is 0 Å². The van der Waals surface area contributed by atoms with E-state index < -0.39 is 6.63 Å². The van der Waals surface area contributed by atoms with Crippen molar-refractivity contribution in [3.63, 3.8) is 0 Å². The lowest BCUT2D eigenvalue weighted by Gasteiger charge is -1.89. The fraction of sp³-hybridized carbons (Fsp3) is 0. The van der Waals surface area contributed by atoms with Crippen LogP contribution in [-0.4, -0.2) is 9.97 Å². The zero-order valence-electron chi connectivity index (χ0n) is 3.81. The van der Waals surface area contributed by atoms with Crippen molar-refractivity contribution in [1.82, 2.24) is 9.97 Å². The van der Waals surface area contributed by atoms with Gasteiger partial charge in [-0.15, -0.1) is 0 Å². The van der Waals surface area contributed by atoms with Gasteiger partial charge in [-0.05, 0) is 0 Å². The Bertz CT molecular complexity index is 150. The van der Waals surface area contributed by atoms with E-state index in [1.54, 1.807) is 12.4 Å². The summed E-state index contributed by atoms with van der Waals surface area (Å²) in [7, 11) is 0. The standard InChI is InChI=1S/C3H3Cl2N2P/c4-8(5)3-6-1-2-7-3/h1-2H,(H,6,7). The number of rotatable bonds is 1. The lowest BCUT2D eigenvalue weighted by Crippen LogP contribution is -1.97.